The molecule has 4 heteroatoms. The minimum Gasteiger partial charge on any atom is -0.237 e. The molecule has 0 radical (unpaired) electrons. The van der Waals surface area contributed by atoms with Gasteiger partial charge in [-0.05, 0) is 11.8 Å². The molecular formula is C12H6N4. The summed E-state index contributed by atoms with van der Waals surface area (Å²) in [6.45, 7) is 0. The standard InChI is InChI=1S/C12H6N4/c13-3-7-8(4-14)16-12-10-5-1-2-6(9(5)10)11(12)15-7/h1-2,5-6,9-10H/i2D,6D,9D,10D. The smallest absolute Gasteiger partial charge is 0.177 e. The van der Waals surface area contributed by atoms with Crippen LogP contribution in [0.3, 0.4) is 0 Å². The number of fused-ring (bicyclic) bond motifs is 4. The molecule has 4 nitrogen and oxygen atoms in total. The summed E-state index contributed by atoms with van der Waals surface area (Å²) >= 11 is 0. The van der Waals surface area contributed by atoms with Crippen molar-refractivity contribution in [3.63, 3.8) is 0 Å². The van der Waals surface area contributed by atoms with E-state index < -0.39 is 23.6 Å². The van der Waals surface area contributed by atoms with Crippen molar-refractivity contribution in [2.24, 2.45) is 11.8 Å². The Morgan fingerprint density at radius 2 is 1.94 bits per heavy atom. The zero-order chi connectivity index (χ0) is 14.5. The molecule has 4 atom stereocenters. The van der Waals surface area contributed by atoms with Crippen LogP contribution in [0.25, 0.3) is 0 Å². The Kier molecular flexibility index (Phi) is 0.753. The van der Waals surface area contributed by atoms with E-state index in [4.69, 9.17) is 16.0 Å². The van der Waals surface area contributed by atoms with Crippen molar-refractivity contribution in [2.45, 2.75) is 11.8 Å². The Bertz CT molecular complexity index is 822. The molecule has 4 unspecified atom stereocenters. The highest BCUT2D eigenvalue weighted by Crippen LogP contribution is 2.70. The maximum atomic E-state index is 8.99. The maximum Gasteiger partial charge on any atom is 0.177 e. The van der Waals surface area contributed by atoms with E-state index in [1.54, 1.807) is 12.1 Å². The van der Waals surface area contributed by atoms with Gasteiger partial charge in [0.25, 0.3) is 0 Å². The summed E-state index contributed by atoms with van der Waals surface area (Å²) in [6, 6.07) is 3.41. The third kappa shape index (κ3) is 0.686. The lowest BCUT2D eigenvalue weighted by molar-refractivity contribution is 0.729. The molecule has 0 saturated heterocycles. The third-order valence-corrected chi connectivity index (χ3v) is 3.09. The molecule has 1 fully saturated rings. The van der Waals surface area contributed by atoms with E-state index in [1.165, 1.54) is 6.08 Å². The van der Waals surface area contributed by atoms with Crippen molar-refractivity contribution in [3.8, 4) is 12.1 Å². The lowest BCUT2D eigenvalue weighted by atomic mass is 10.1. The van der Waals surface area contributed by atoms with Gasteiger partial charge in [-0.3, -0.25) is 0 Å². The molecule has 0 bridgehead atoms. The average Bonchev–Trinajstić information content (AvgIpc) is 2.80. The molecule has 0 spiro atoms. The van der Waals surface area contributed by atoms with Gasteiger partial charge in [0, 0.05) is 15.9 Å². The zero-order valence-electron chi connectivity index (χ0n) is 11.9. The van der Waals surface area contributed by atoms with Crippen LogP contribution in [0.2, 0.25) is 0 Å². The van der Waals surface area contributed by atoms with Crippen LogP contribution in [0.4, 0.5) is 0 Å². The molecule has 0 aromatic carbocycles. The van der Waals surface area contributed by atoms with Crippen LogP contribution in [0.15, 0.2) is 12.1 Å². The molecule has 0 aliphatic heterocycles. The highest BCUT2D eigenvalue weighted by Gasteiger charge is 2.63. The van der Waals surface area contributed by atoms with E-state index in [9.17, 15) is 0 Å². The van der Waals surface area contributed by atoms with E-state index in [0.29, 0.717) is 0 Å². The summed E-state index contributed by atoms with van der Waals surface area (Å²) in [7, 11) is 0. The Hall–Kier alpha value is -2.20. The second-order valence-electron chi connectivity index (χ2n) is 3.83. The molecule has 1 saturated carbocycles. The highest BCUT2D eigenvalue weighted by molar-refractivity contribution is 5.51. The maximum absolute atomic E-state index is 8.99. The number of hydrogen-bond donors (Lipinski definition) is 0. The number of rotatable bonds is 0. The van der Waals surface area contributed by atoms with Crippen LogP contribution in [0.1, 0.15) is 40.0 Å². The summed E-state index contributed by atoms with van der Waals surface area (Å²) in [5.74, 6) is -5.27. The van der Waals surface area contributed by atoms with E-state index in [2.05, 4.69) is 9.97 Å². The Morgan fingerprint density at radius 3 is 2.62 bits per heavy atom. The second-order valence-corrected chi connectivity index (χ2v) is 3.83. The predicted molar refractivity (Wildman–Crippen MR) is 53.1 cm³/mol. The Balaban J connectivity index is 2.11. The van der Waals surface area contributed by atoms with E-state index >= 15 is 0 Å². The Labute approximate surface area is 97.5 Å². The van der Waals surface area contributed by atoms with Crippen molar-refractivity contribution < 1.29 is 5.48 Å². The summed E-state index contributed by atoms with van der Waals surface area (Å²) < 4.78 is 33.2. The number of nitriles is 2. The number of aromatic nitrogens is 2. The van der Waals surface area contributed by atoms with Gasteiger partial charge in [0.2, 0.25) is 0 Å². The van der Waals surface area contributed by atoms with Gasteiger partial charge >= 0.3 is 0 Å². The number of hydrogen-bond acceptors (Lipinski definition) is 4. The van der Waals surface area contributed by atoms with Crippen LogP contribution in [-0.4, -0.2) is 9.97 Å². The van der Waals surface area contributed by atoms with Gasteiger partial charge in [0.1, 0.15) is 12.1 Å². The van der Waals surface area contributed by atoms with Gasteiger partial charge < -0.3 is 0 Å². The van der Waals surface area contributed by atoms with Crippen LogP contribution in [0.5, 0.6) is 0 Å². The van der Waals surface area contributed by atoms with Gasteiger partial charge in [0.05, 0.1) is 12.8 Å². The van der Waals surface area contributed by atoms with Gasteiger partial charge in [-0.15, -0.1) is 0 Å². The molecule has 1 aromatic rings. The van der Waals surface area contributed by atoms with Crippen molar-refractivity contribution >= 4 is 0 Å². The third-order valence-electron chi connectivity index (χ3n) is 3.09. The first kappa shape index (κ1) is 5.23. The minimum absolute atomic E-state index is 0.00745. The summed E-state index contributed by atoms with van der Waals surface area (Å²) in [5, 5.41) is 18.0. The number of allylic oxidation sites excluding steroid dienone is 2. The normalized spacial score (nSPS) is 53.1. The first-order chi connectivity index (χ1) is 9.37. The van der Waals surface area contributed by atoms with E-state index in [-0.39, 0.29) is 28.8 Å². The highest BCUT2D eigenvalue weighted by atomic mass is 14.9. The van der Waals surface area contributed by atoms with Gasteiger partial charge in [0.15, 0.2) is 11.4 Å². The summed E-state index contributed by atoms with van der Waals surface area (Å²) in [5.41, 5.74) is -0.305. The fourth-order valence-electron chi connectivity index (χ4n) is 2.37. The molecule has 16 heavy (non-hydrogen) atoms. The molecule has 3 aliphatic carbocycles. The largest absolute Gasteiger partial charge is 0.237 e. The quantitative estimate of drug-likeness (QED) is 0.603. The first-order valence-corrected chi connectivity index (χ1v) is 4.79. The molecular weight excluding hydrogens is 200 g/mol. The van der Waals surface area contributed by atoms with Crippen molar-refractivity contribution in [1.82, 2.24) is 9.97 Å². The Morgan fingerprint density at radius 1 is 1.25 bits per heavy atom. The van der Waals surface area contributed by atoms with Crippen LogP contribution >= 0.6 is 0 Å². The first-order valence-electron chi connectivity index (χ1n) is 6.79. The molecule has 1 aromatic heterocycles. The van der Waals surface area contributed by atoms with Crippen LogP contribution in [-0.2, 0) is 0 Å². The monoisotopic (exact) mass is 210 g/mol. The number of nitrogens with zero attached hydrogens (tertiary/aromatic N) is 4. The van der Waals surface area contributed by atoms with Gasteiger partial charge in [-0.1, -0.05) is 12.1 Å². The van der Waals surface area contributed by atoms with Gasteiger partial charge in [-0.2, -0.15) is 10.5 Å². The molecule has 74 valence electrons. The fourth-order valence-corrected chi connectivity index (χ4v) is 2.37. The molecule has 4 rings (SSSR count). The lowest BCUT2D eigenvalue weighted by Gasteiger charge is -2.06. The minimum atomic E-state index is -1.76. The van der Waals surface area contributed by atoms with Crippen LogP contribution in [0, 0.1) is 34.5 Å². The topological polar surface area (TPSA) is 73.4 Å². The second kappa shape index (κ2) is 2.31. The fraction of sp³-hybridized carbons (Fsp3) is 0.333. The van der Waals surface area contributed by atoms with Crippen molar-refractivity contribution in [1.29, 1.82) is 10.5 Å². The predicted octanol–water partition coefficient (Wildman–Crippen LogP) is 1.22. The SMILES string of the molecule is [2H]C1=CC2C3([2H])c4nc(C#N)c(C#N)nc4C1([2H])C23[2H]. The molecule has 0 N–H and O–H groups in total. The van der Waals surface area contributed by atoms with E-state index in [1.807, 2.05) is 0 Å². The average molecular weight is 210 g/mol. The van der Waals surface area contributed by atoms with Crippen molar-refractivity contribution in [2.75, 3.05) is 0 Å². The molecule has 1 heterocycles. The zero-order valence-corrected chi connectivity index (χ0v) is 7.94. The summed E-state index contributed by atoms with van der Waals surface area (Å²) in [4.78, 5) is 7.99. The van der Waals surface area contributed by atoms with Crippen molar-refractivity contribution in [3.05, 3.63) is 34.9 Å². The molecule has 0 amide bonds. The summed E-state index contributed by atoms with van der Waals surface area (Å²) in [6.07, 6.45) is 1.44. The van der Waals surface area contributed by atoms with E-state index in [0.717, 1.165) is 0 Å². The van der Waals surface area contributed by atoms with Gasteiger partial charge in [-0.25, -0.2) is 9.97 Å². The van der Waals surface area contributed by atoms with Crippen LogP contribution < -0.4 is 0 Å². The molecule has 3 aliphatic rings. The lowest BCUT2D eigenvalue weighted by Crippen LogP contribution is -2.05.